The Balaban J connectivity index is 2.10. The number of carboxylic acids is 2. The first-order chi connectivity index (χ1) is 10.6. The molecule has 2 aromatic heterocycles. The van der Waals surface area contributed by atoms with Gasteiger partial charge in [0.25, 0.3) is 0 Å². The van der Waals surface area contributed by atoms with Crippen LogP contribution in [0.5, 0.6) is 0 Å². The Hall–Kier alpha value is -2.60. The van der Waals surface area contributed by atoms with Gasteiger partial charge in [0.2, 0.25) is 0 Å². The molecule has 3 N–H and O–H groups in total. The fourth-order valence-electron chi connectivity index (χ4n) is 2.53. The highest BCUT2D eigenvalue weighted by molar-refractivity contribution is 7.13. The van der Waals surface area contributed by atoms with E-state index in [0.29, 0.717) is 11.1 Å². The van der Waals surface area contributed by atoms with Crippen LogP contribution in [0.3, 0.4) is 0 Å². The first-order valence-electron chi connectivity index (χ1n) is 6.70. The van der Waals surface area contributed by atoms with Gasteiger partial charge in [-0.15, -0.1) is 11.3 Å². The highest BCUT2D eigenvalue weighted by Gasteiger charge is 2.18. The maximum absolute atomic E-state index is 11.4. The van der Waals surface area contributed by atoms with Crippen LogP contribution in [0.25, 0.3) is 21.3 Å². The van der Waals surface area contributed by atoms with Gasteiger partial charge in [-0.1, -0.05) is 18.2 Å². The number of benzene rings is 1. The van der Waals surface area contributed by atoms with Gasteiger partial charge >= 0.3 is 11.9 Å². The Bertz CT molecular complexity index is 849. The molecular weight excluding hydrogens is 302 g/mol. The lowest BCUT2D eigenvalue weighted by Crippen LogP contribution is -2.04. The largest absolute Gasteiger partial charge is 0.481 e. The van der Waals surface area contributed by atoms with Gasteiger partial charge in [-0.2, -0.15) is 0 Å². The molecule has 0 saturated heterocycles. The lowest BCUT2D eigenvalue weighted by molar-refractivity contribution is -0.136. The summed E-state index contributed by atoms with van der Waals surface area (Å²) in [6.45, 7) is 0. The lowest BCUT2D eigenvalue weighted by atomic mass is 10.0. The average Bonchev–Trinajstić information content (AvgIpc) is 3.12. The lowest BCUT2D eigenvalue weighted by Gasteiger charge is -2.01. The number of carbonyl (C=O) groups is 2. The van der Waals surface area contributed by atoms with Gasteiger partial charge < -0.3 is 15.2 Å². The molecule has 0 atom stereocenters. The van der Waals surface area contributed by atoms with Crippen molar-refractivity contribution in [2.75, 3.05) is 0 Å². The summed E-state index contributed by atoms with van der Waals surface area (Å²) in [5.74, 6) is -2.02. The number of thiophene rings is 1. The summed E-state index contributed by atoms with van der Waals surface area (Å²) in [6.07, 6.45) is 0.0925. The molecule has 5 nitrogen and oxygen atoms in total. The third kappa shape index (κ3) is 2.60. The Labute approximate surface area is 129 Å². The third-order valence-corrected chi connectivity index (χ3v) is 4.43. The molecule has 0 unspecified atom stereocenters. The normalized spacial score (nSPS) is 10.9. The molecule has 3 rings (SSSR count). The van der Waals surface area contributed by atoms with Gasteiger partial charge in [-0.3, -0.25) is 4.79 Å². The number of nitrogens with one attached hydrogen (secondary N) is 1. The third-order valence-electron chi connectivity index (χ3n) is 3.51. The first kappa shape index (κ1) is 14.3. The van der Waals surface area contributed by atoms with Crippen LogP contribution in [0, 0.1) is 0 Å². The molecule has 112 valence electrons. The summed E-state index contributed by atoms with van der Waals surface area (Å²) in [4.78, 5) is 26.1. The number of hydrogen-bond acceptors (Lipinski definition) is 3. The number of rotatable bonds is 5. The molecule has 0 fully saturated rings. The van der Waals surface area contributed by atoms with E-state index in [2.05, 4.69) is 4.98 Å². The van der Waals surface area contributed by atoms with E-state index in [1.165, 1.54) is 0 Å². The zero-order chi connectivity index (χ0) is 15.7. The van der Waals surface area contributed by atoms with Gasteiger partial charge in [0.15, 0.2) is 0 Å². The van der Waals surface area contributed by atoms with E-state index in [1.807, 2.05) is 35.7 Å². The summed E-state index contributed by atoms with van der Waals surface area (Å²) in [7, 11) is 0. The average molecular weight is 315 g/mol. The Morgan fingerprint density at radius 1 is 1.18 bits per heavy atom. The van der Waals surface area contributed by atoms with Crippen LogP contribution in [0.1, 0.15) is 22.5 Å². The van der Waals surface area contributed by atoms with Crippen LogP contribution in [-0.2, 0) is 11.2 Å². The molecule has 0 spiro atoms. The second-order valence-electron chi connectivity index (χ2n) is 4.92. The number of aryl methyl sites for hydroxylation is 1. The summed E-state index contributed by atoms with van der Waals surface area (Å²) in [6, 6.07) is 9.64. The Kier molecular flexibility index (Phi) is 3.68. The van der Waals surface area contributed by atoms with E-state index < -0.39 is 11.9 Å². The maximum Gasteiger partial charge on any atom is 0.352 e. The maximum atomic E-state index is 11.4. The molecule has 3 aromatic rings. The number of carboxylic acid groups (broad SMARTS) is 2. The minimum absolute atomic E-state index is 0.0691. The molecule has 22 heavy (non-hydrogen) atoms. The van der Waals surface area contributed by atoms with Crippen molar-refractivity contribution in [3.8, 4) is 10.4 Å². The summed E-state index contributed by atoms with van der Waals surface area (Å²) < 4.78 is 0. The van der Waals surface area contributed by atoms with E-state index in [9.17, 15) is 14.7 Å². The van der Waals surface area contributed by atoms with Gasteiger partial charge in [-0.05, 0) is 35.1 Å². The number of aromatic nitrogens is 1. The monoisotopic (exact) mass is 315 g/mol. The molecule has 0 radical (unpaired) electrons. The van der Waals surface area contributed by atoms with E-state index >= 15 is 0 Å². The van der Waals surface area contributed by atoms with Crippen molar-refractivity contribution >= 4 is 34.2 Å². The van der Waals surface area contributed by atoms with Crippen LogP contribution in [0.2, 0.25) is 0 Å². The SMILES string of the molecule is O=C(O)CCc1c(C(=O)O)[nH]c2cc(-c3cccs3)ccc12. The van der Waals surface area contributed by atoms with E-state index in [1.54, 1.807) is 11.3 Å². The molecule has 0 bridgehead atoms. The van der Waals surface area contributed by atoms with Crippen LogP contribution >= 0.6 is 11.3 Å². The van der Waals surface area contributed by atoms with Crippen molar-refractivity contribution in [3.63, 3.8) is 0 Å². The zero-order valence-corrected chi connectivity index (χ0v) is 12.3. The number of aromatic amines is 1. The quantitative estimate of drug-likeness (QED) is 0.671. The second-order valence-corrected chi connectivity index (χ2v) is 5.86. The van der Waals surface area contributed by atoms with Crippen molar-refractivity contribution in [2.45, 2.75) is 12.8 Å². The molecule has 1 aromatic carbocycles. The number of hydrogen-bond donors (Lipinski definition) is 3. The predicted molar refractivity (Wildman–Crippen MR) is 84.5 cm³/mol. The number of fused-ring (bicyclic) bond motifs is 1. The predicted octanol–water partition coefficient (Wildman–Crippen LogP) is 3.61. The fourth-order valence-corrected chi connectivity index (χ4v) is 3.25. The number of aliphatic carboxylic acids is 1. The molecular formula is C16H13NO4S. The van der Waals surface area contributed by atoms with E-state index in [-0.39, 0.29) is 18.5 Å². The molecule has 0 amide bonds. The van der Waals surface area contributed by atoms with Crippen LogP contribution in [0.4, 0.5) is 0 Å². The topological polar surface area (TPSA) is 90.4 Å². The summed E-state index contributed by atoms with van der Waals surface area (Å²) in [5, 5.41) is 20.9. The smallest absolute Gasteiger partial charge is 0.352 e. The molecule has 2 heterocycles. The van der Waals surface area contributed by atoms with Crippen LogP contribution < -0.4 is 0 Å². The number of aromatic carboxylic acids is 1. The minimum atomic E-state index is -1.07. The molecule has 0 aliphatic rings. The van der Waals surface area contributed by atoms with Crippen molar-refractivity contribution < 1.29 is 19.8 Å². The zero-order valence-electron chi connectivity index (χ0n) is 11.5. The van der Waals surface area contributed by atoms with Crippen LogP contribution in [0.15, 0.2) is 35.7 Å². The molecule has 6 heteroatoms. The summed E-state index contributed by atoms with van der Waals surface area (Å²) in [5.41, 5.74) is 2.33. The standard InChI is InChI=1S/C16H13NO4S/c18-14(19)6-5-11-10-4-3-9(13-2-1-7-22-13)8-12(10)17-15(11)16(20)21/h1-4,7-8,17H,5-6H2,(H,18,19)(H,20,21). The van der Waals surface area contributed by atoms with Gasteiger partial charge in [0.1, 0.15) is 5.69 Å². The van der Waals surface area contributed by atoms with Gasteiger partial charge in [-0.25, -0.2) is 4.79 Å². The second kappa shape index (κ2) is 5.65. The molecule has 0 saturated carbocycles. The molecule has 0 aliphatic carbocycles. The first-order valence-corrected chi connectivity index (χ1v) is 7.58. The van der Waals surface area contributed by atoms with Crippen molar-refractivity contribution in [1.82, 2.24) is 4.98 Å². The van der Waals surface area contributed by atoms with Crippen molar-refractivity contribution in [3.05, 3.63) is 47.0 Å². The molecule has 0 aliphatic heterocycles. The summed E-state index contributed by atoms with van der Waals surface area (Å²) >= 11 is 1.61. The van der Waals surface area contributed by atoms with E-state index in [0.717, 1.165) is 15.8 Å². The number of H-pyrrole nitrogens is 1. The Morgan fingerprint density at radius 3 is 2.64 bits per heavy atom. The van der Waals surface area contributed by atoms with E-state index in [4.69, 9.17) is 5.11 Å². The van der Waals surface area contributed by atoms with Crippen molar-refractivity contribution in [2.24, 2.45) is 0 Å². The Morgan fingerprint density at radius 2 is 2.00 bits per heavy atom. The van der Waals surface area contributed by atoms with Gasteiger partial charge in [0, 0.05) is 22.2 Å². The highest BCUT2D eigenvalue weighted by atomic mass is 32.1. The fraction of sp³-hybridized carbons (Fsp3) is 0.125. The minimum Gasteiger partial charge on any atom is -0.481 e. The van der Waals surface area contributed by atoms with Crippen molar-refractivity contribution in [1.29, 1.82) is 0 Å². The van der Waals surface area contributed by atoms with Gasteiger partial charge in [0.05, 0.1) is 0 Å². The highest BCUT2D eigenvalue weighted by Crippen LogP contribution is 2.31. The van der Waals surface area contributed by atoms with Crippen LogP contribution in [-0.4, -0.2) is 27.1 Å².